The van der Waals surface area contributed by atoms with Crippen molar-refractivity contribution in [2.75, 3.05) is 13.1 Å². The molecular weight excluding hydrogens is 366 g/mol. The van der Waals surface area contributed by atoms with Gasteiger partial charge < -0.3 is 14.8 Å². The standard InChI is InChI=1S/C23H29N3O3/c1-16-15-17(2)25(3)22(28)20(16)23(29)26-14-8-7-11-19(26)12-13-24-21(27)18-9-5-4-6-10-18/h4-6,9-10,15,19H,7-8,11-14H2,1-3H3,(H,24,27). The van der Waals surface area contributed by atoms with Crippen LogP contribution < -0.4 is 10.9 Å². The Bertz CT molecular complexity index is 950. The highest BCUT2D eigenvalue weighted by molar-refractivity contribution is 5.96. The highest BCUT2D eigenvalue weighted by Crippen LogP contribution is 2.22. The van der Waals surface area contributed by atoms with Gasteiger partial charge >= 0.3 is 0 Å². The average molecular weight is 396 g/mol. The smallest absolute Gasteiger partial charge is 0.263 e. The predicted octanol–water partition coefficient (Wildman–Crippen LogP) is 2.82. The number of carbonyl (C=O) groups excluding carboxylic acids is 2. The number of hydrogen-bond donors (Lipinski definition) is 1. The molecule has 0 radical (unpaired) electrons. The Hall–Kier alpha value is -2.89. The zero-order valence-corrected chi connectivity index (χ0v) is 17.4. The van der Waals surface area contributed by atoms with Crippen LogP contribution in [0.3, 0.4) is 0 Å². The molecule has 2 heterocycles. The first-order chi connectivity index (χ1) is 13.9. The van der Waals surface area contributed by atoms with Crippen molar-refractivity contribution in [2.45, 2.75) is 45.6 Å². The molecule has 1 aromatic heterocycles. The zero-order chi connectivity index (χ0) is 21.0. The van der Waals surface area contributed by atoms with Gasteiger partial charge in [0, 0.05) is 37.4 Å². The van der Waals surface area contributed by atoms with E-state index in [0.29, 0.717) is 25.1 Å². The molecule has 1 atom stereocenters. The minimum absolute atomic E-state index is 0.0257. The Morgan fingerprint density at radius 1 is 1.14 bits per heavy atom. The molecule has 0 bridgehead atoms. The number of aromatic nitrogens is 1. The molecule has 29 heavy (non-hydrogen) atoms. The van der Waals surface area contributed by atoms with Gasteiger partial charge in [-0.15, -0.1) is 0 Å². The van der Waals surface area contributed by atoms with Gasteiger partial charge in [-0.1, -0.05) is 18.2 Å². The molecule has 154 valence electrons. The maximum atomic E-state index is 13.3. The molecular formula is C23H29N3O3. The van der Waals surface area contributed by atoms with Crippen LogP contribution in [0.5, 0.6) is 0 Å². The first-order valence-electron chi connectivity index (χ1n) is 10.2. The number of nitrogens with zero attached hydrogens (tertiary/aromatic N) is 2. The molecule has 6 heteroatoms. The highest BCUT2D eigenvalue weighted by Gasteiger charge is 2.30. The van der Waals surface area contributed by atoms with Crippen molar-refractivity contribution in [3.8, 4) is 0 Å². The van der Waals surface area contributed by atoms with Crippen LogP contribution in [0.2, 0.25) is 0 Å². The van der Waals surface area contributed by atoms with Gasteiger partial charge in [0.05, 0.1) is 0 Å². The molecule has 1 saturated heterocycles. The fourth-order valence-corrected chi connectivity index (χ4v) is 3.99. The van der Waals surface area contributed by atoms with Gasteiger partial charge in [-0.05, 0) is 63.3 Å². The van der Waals surface area contributed by atoms with Crippen molar-refractivity contribution in [1.82, 2.24) is 14.8 Å². The van der Waals surface area contributed by atoms with Gasteiger partial charge in [-0.2, -0.15) is 0 Å². The molecule has 2 aromatic rings. The molecule has 0 spiro atoms. The average Bonchev–Trinajstić information content (AvgIpc) is 2.73. The molecule has 6 nitrogen and oxygen atoms in total. The molecule has 1 fully saturated rings. The van der Waals surface area contributed by atoms with Crippen molar-refractivity contribution in [1.29, 1.82) is 0 Å². The zero-order valence-electron chi connectivity index (χ0n) is 17.4. The Morgan fingerprint density at radius 3 is 2.59 bits per heavy atom. The molecule has 0 aliphatic carbocycles. The number of rotatable bonds is 5. The Balaban J connectivity index is 1.70. The first-order valence-corrected chi connectivity index (χ1v) is 10.2. The number of carbonyl (C=O) groups is 2. The van der Waals surface area contributed by atoms with Crippen molar-refractivity contribution in [3.05, 3.63) is 69.1 Å². The summed E-state index contributed by atoms with van der Waals surface area (Å²) in [4.78, 5) is 40.1. The van der Waals surface area contributed by atoms with E-state index in [2.05, 4.69) is 5.32 Å². The quantitative estimate of drug-likeness (QED) is 0.846. The minimum atomic E-state index is -0.241. The lowest BCUT2D eigenvalue weighted by atomic mass is 9.97. The summed E-state index contributed by atoms with van der Waals surface area (Å²) in [6.45, 7) is 4.82. The van der Waals surface area contributed by atoms with Crippen LogP contribution in [0, 0.1) is 13.8 Å². The molecule has 1 unspecified atom stereocenters. The maximum absolute atomic E-state index is 13.3. The SMILES string of the molecule is Cc1cc(C)n(C)c(=O)c1C(=O)N1CCCCC1CCNC(=O)c1ccccc1. The second kappa shape index (κ2) is 9.07. The summed E-state index contributed by atoms with van der Waals surface area (Å²) in [5.41, 5.74) is 2.20. The number of aryl methyl sites for hydroxylation is 2. The molecule has 1 aliphatic heterocycles. The van der Waals surface area contributed by atoms with Gasteiger partial charge in [0.15, 0.2) is 0 Å². The summed E-state index contributed by atoms with van der Waals surface area (Å²) in [7, 11) is 1.70. The minimum Gasteiger partial charge on any atom is -0.352 e. The van der Waals surface area contributed by atoms with Gasteiger partial charge in [0.25, 0.3) is 17.4 Å². The van der Waals surface area contributed by atoms with Crippen molar-refractivity contribution >= 4 is 11.8 Å². The van der Waals surface area contributed by atoms with E-state index in [1.807, 2.05) is 43.0 Å². The largest absolute Gasteiger partial charge is 0.352 e. The third-order valence-corrected chi connectivity index (χ3v) is 5.77. The van der Waals surface area contributed by atoms with Crippen LogP contribution in [-0.4, -0.2) is 40.4 Å². The van der Waals surface area contributed by atoms with E-state index in [1.54, 1.807) is 19.2 Å². The number of nitrogens with one attached hydrogen (secondary N) is 1. The van der Waals surface area contributed by atoms with E-state index in [0.717, 1.165) is 30.5 Å². The van der Waals surface area contributed by atoms with Gasteiger partial charge in [-0.25, -0.2) is 0 Å². The lowest BCUT2D eigenvalue weighted by Gasteiger charge is -2.36. The molecule has 1 aliphatic rings. The summed E-state index contributed by atoms with van der Waals surface area (Å²) in [5, 5.41) is 2.94. The number of likely N-dealkylation sites (tertiary alicyclic amines) is 1. The fraction of sp³-hybridized carbons (Fsp3) is 0.435. The van der Waals surface area contributed by atoms with Crippen LogP contribution in [0.25, 0.3) is 0 Å². The van der Waals surface area contributed by atoms with Crippen LogP contribution in [0.1, 0.15) is 57.7 Å². The van der Waals surface area contributed by atoms with E-state index >= 15 is 0 Å². The second-order valence-corrected chi connectivity index (χ2v) is 7.77. The number of benzene rings is 1. The van der Waals surface area contributed by atoms with Crippen LogP contribution in [0.15, 0.2) is 41.2 Å². The topological polar surface area (TPSA) is 71.4 Å². The van der Waals surface area contributed by atoms with Crippen LogP contribution in [0.4, 0.5) is 0 Å². The van der Waals surface area contributed by atoms with E-state index in [4.69, 9.17) is 0 Å². The highest BCUT2D eigenvalue weighted by atomic mass is 16.2. The monoisotopic (exact) mass is 395 g/mol. The maximum Gasteiger partial charge on any atom is 0.263 e. The Labute approximate surface area is 171 Å². The first kappa shape index (κ1) is 20.8. The van der Waals surface area contributed by atoms with Gasteiger partial charge in [0.2, 0.25) is 0 Å². The molecule has 0 saturated carbocycles. The Morgan fingerprint density at radius 2 is 1.86 bits per heavy atom. The van der Waals surface area contributed by atoms with E-state index in [-0.39, 0.29) is 29.0 Å². The third-order valence-electron chi connectivity index (χ3n) is 5.77. The molecule has 3 rings (SSSR count). The number of pyridine rings is 1. The summed E-state index contributed by atoms with van der Waals surface area (Å²) >= 11 is 0. The van der Waals surface area contributed by atoms with E-state index in [1.165, 1.54) is 4.57 Å². The number of amides is 2. The molecule has 1 aromatic carbocycles. The predicted molar refractivity (Wildman–Crippen MR) is 113 cm³/mol. The fourth-order valence-electron chi connectivity index (χ4n) is 3.99. The molecule has 2 amide bonds. The van der Waals surface area contributed by atoms with Crippen molar-refractivity contribution < 1.29 is 9.59 Å². The van der Waals surface area contributed by atoms with E-state index in [9.17, 15) is 14.4 Å². The van der Waals surface area contributed by atoms with Crippen LogP contribution in [-0.2, 0) is 7.05 Å². The summed E-state index contributed by atoms with van der Waals surface area (Å²) in [5.74, 6) is -0.301. The number of piperidine rings is 1. The van der Waals surface area contributed by atoms with E-state index < -0.39 is 0 Å². The van der Waals surface area contributed by atoms with Gasteiger partial charge in [0.1, 0.15) is 5.56 Å². The Kier molecular flexibility index (Phi) is 6.52. The van der Waals surface area contributed by atoms with Crippen molar-refractivity contribution in [3.63, 3.8) is 0 Å². The van der Waals surface area contributed by atoms with Crippen LogP contribution >= 0.6 is 0 Å². The third kappa shape index (κ3) is 4.58. The second-order valence-electron chi connectivity index (χ2n) is 7.77. The van der Waals surface area contributed by atoms with Gasteiger partial charge in [-0.3, -0.25) is 14.4 Å². The summed E-state index contributed by atoms with van der Waals surface area (Å²) < 4.78 is 1.53. The summed E-state index contributed by atoms with van der Waals surface area (Å²) in [6.07, 6.45) is 3.55. The summed E-state index contributed by atoms with van der Waals surface area (Å²) in [6, 6.07) is 11.0. The number of hydrogen-bond acceptors (Lipinski definition) is 3. The lowest BCUT2D eigenvalue weighted by Crippen LogP contribution is -2.47. The molecule has 1 N–H and O–H groups in total. The normalized spacial score (nSPS) is 16.5. The lowest BCUT2D eigenvalue weighted by molar-refractivity contribution is 0.0598. The van der Waals surface area contributed by atoms with Crippen molar-refractivity contribution in [2.24, 2.45) is 7.05 Å².